The average Bonchev–Trinajstić information content (AvgIpc) is 3.34. The molecule has 7 nitrogen and oxygen atoms in total. The van der Waals surface area contributed by atoms with Crippen LogP contribution < -0.4 is 10.6 Å². The van der Waals surface area contributed by atoms with Crippen LogP contribution in [-0.2, 0) is 22.7 Å². The summed E-state index contributed by atoms with van der Waals surface area (Å²) < 4.78 is 15.2. The normalized spacial score (nSPS) is 13.5. The molecule has 0 spiro atoms. The highest BCUT2D eigenvalue weighted by atomic mass is 32.2. The maximum Gasteiger partial charge on any atom is 0.240 e. The Balaban J connectivity index is 1.60. The summed E-state index contributed by atoms with van der Waals surface area (Å²) in [6.07, 6.45) is 3.45. The summed E-state index contributed by atoms with van der Waals surface area (Å²) in [5.74, 6) is -1.05. The number of aliphatic hydroxyl groups is 1. The van der Waals surface area contributed by atoms with Crippen LogP contribution in [0.15, 0.2) is 35.6 Å². The fraction of sp³-hybridized carbons (Fsp3) is 0.353. The van der Waals surface area contributed by atoms with Crippen LogP contribution in [0.25, 0.3) is 0 Å². The van der Waals surface area contributed by atoms with Crippen LogP contribution >= 0.6 is 11.8 Å². The van der Waals surface area contributed by atoms with E-state index in [0.29, 0.717) is 10.9 Å². The summed E-state index contributed by atoms with van der Waals surface area (Å²) in [7, 11) is 0. The molecule has 2 aromatic rings. The molecule has 1 saturated carbocycles. The molecular weight excluding hydrogens is 359 g/mol. The lowest BCUT2D eigenvalue weighted by atomic mass is 10.3. The van der Waals surface area contributed by atoms with Crippen molar-refractivity contribution in [2.75, 3.05) is 11.1 Å². The number of carbonyl (C=O) groups excluding carboxylic acids is 2. The minimum Gasteiger partial charge on any atom is -0.390 e. The number of aromatic nitrogens is 2. The van der Waals surface area contributed by atoms with Gasteiger partial charge in [0, 0.05) is 6.04 Å². The monoisotopic (exact) mass is 378 g/mol. The molecule has 138 valence electrons. The van der Waals surface area contributed by atoms with Crippen LogP contribution in [0, 0.1) is 5.82 Å². The first kappa shape index (κ1) is 18.4. The van der Waals surface area contributed by atoms with Crippen molar-refractivity contribution < 1.29 is 19.1 Å². The molecule has 1 aliphatic carbocycles. The molecule has 26 heavy (non-hydrogen) atoms. The van der Waals surface area contributed by atoms with E-state index in [1.807, 2.05) is 0 Å². The third kappa shape index (κ3) is 4.83. The lowest BCUT2D eigenvalue weighted by molar-refractivity contribution is -0.122. The highest BCUT2D eigenvalue weighted by Crippen LogP contribution is 2.21. The van der Waals surface area contributed by atoms with Gasteiger partial charge in [-0.3, -0.25) is 9.59 Å². The lowest BCUT2D eigenvalue weighted by Gasteiger charge is -2.11. The minimum atomic E-state index is -0.508. The fourth-order valence-electron chi connectivity index (χ4n) is 2.33. The Morgan fingerprint density at radius 1 is 1.31 bits per heavy atom. The lowest BCUT2D eigenvalue weighted by Crippen LogP contribution is -2.30. The quantitative estimate of drug-likeness (QED) is 0.606. The van der Waals surface area contributed by atoms with Gasteiger partial charge in [-0.2, -0.15) is 0 Å². The number of nitrogens with zero attached hydrogens (tertiary/aromatic N) is 2. The Bertz CT molecular complexity index is 807. The predicted molar refractivity (Wildman–Crippen MR) is 95.1 cm³/mol. The average molecular weight is 378 g/mol. The molecule has 0 bridgehead atoms. The number of hydrogen-bond donors (Lipinski definition) is 3. The van der Waals surface area contributed by atoms with E-state index in [-0.39, 0.29) is 42.4 Å². The first-order valence-corrected chi connectivity index (χ1v) is 9.17. The predicted octanol–water partition coefficient (Wildman–Crippen LogP) is 1.52. The minimum absolute atomic E-state index is 0.000457. The number of nitrogens with one attached hydrogen (secondary N) is 2. The zero-order chi connectivity index (χ0) is 18.5. The van der Waals surface area contributed by atoms with Crippen molar-refractivity contribution in [2.24, 2.45) is 0 Å². The molecule has 2 amide bonds. The molecule has 0 saturated heterocycles. The van der Waals surface area contributed by atoms with E-state index in [4.69, 9.17) is 0 Å². The summed E-state index contributed by atoms with van der Waals surface area (Å²) in [5, 5.41) is 15.2. The van der Waals surface area contributed by atoms with Crippen molar-refractivity contribution in [1.82, 2.24) is 14.9 Å². The van der Waals surface area contributed by atoms with Crippen molar-refractivity contribution >= 4 is 29.3 Å². The largest absolute Gasteiger partial charge is 0.390 e. The number of imidazole rings is 1. The molecule has 3 N–H and O–H groups in total. The third-order valence-corrected chi connectivity index (χ3v) is 4.78. The first-order valence-electron chi connectivity index (χ1n) is 8.18. The second-order valence-electron chi connectivity index (χ2n) is 5.93. The van der Waals surface area contributed by atoms with Gasteiger partial charge in [-0.05, 0) is 25.0 Å². The number of carbonyl (C=O) groups is 2. The zero-order valence-corrected chi connectivity index (χ0v) is 14.8. The Kier molecular flexibility index (Phi) is 5.89. The molecule has 3 rings (SSSR count). The Labute approximate surface area is 154 Å². The molecule has 0 radical (unpaired) electrons. The Hall–Kier alpha value is -2.39. The van der Waals surface area contributed by atoms with Crippen LogP contribution in [0.4, 0.5) is 10.1 Å². The first-order chi connectivity index (χ1) is 12.6. The maximum atomic E-state index is 13.6. The molecule has 9 heteroatoms. The molecule has 1 aromatic carbocycles. The van der Waals surface area contributed by atoms with Crippen molar-refractivity contribution in [3.8, 4) is 0 Å². The molecule has 0 unspecified atom stereocenters. The number of thioether (sulfide) groups is 1. The molecule has 1 fully saturated rings. The molecule has 1 aliphatic rings. The molecule has 0 aliphatic heterocycles. The highest BCUT2D eigenvalue weighted by molar-refractivity contribution is 7.99. The van der Waals surface area contributed by atoms with Gasteiger partial charge < -0.3 is 20.3 Å². The van der Waals surface area contributed by atoms with Crippen LogP contribution in [0.2, 0.25) is 0 Å². The van der Waals surface area contributed by atoms with Gasteiger partial charge in [0.25, 0.3) is 0 Å². The maximum absolute atomic E-state index is 13.6. The van der Waals surface area contributed by atoms with Crippen molar-refractivity contribution in [2.45, 2.75) is 37.2 Å². The van der Waals surface area contributed by atoms with Gasteiger partial charge >= 0.3 is 0 Å². The van der Waals surface area contributed by atoms with Gasteiger partial charge in [-0.15, -0.1) is 0 Å². The summed E-state index contributed by atoms with van der Waals surface area (Å²) in [6.45, 7) is -0.227. The summed E-state index contributed by atoms with van der Waals surface area (Å²) >= 11 is 1.12. The van der Waals surface area contributed by atoms with Crippen LogP contribution in [-0.4, -0.2) is 38.3 Å². The smallest absolute Gasteiger partial charge is 0.240 e. The number of anilines is 1. The van der Waals surface area contributed by atoms with Gasteiger partial charge in [-0.1, -0.05) is 23.9 Å². The fourth-order valence-corrected chi connectivity index (χ4v) is 3.12. The SMILES string of the molecule is O=C(CSc1ncc(CO)n1CC(=O)NC1CC1)Nc1ccccc1F. The number of para-hydroxylation sites is 1. The number of rotatable bonds is 8. The van der Waals surface area contributed by atoms with E-state index < -0.39 is 5.82 Å². The molecule has 1 heterocycles. The van der Waals surface area contributed by atoms with Crippen molar-refractivity contribution in [3.05, 3.63) is 42.0 Å². The van der Waals surface area contributed by atoms with Gasteiger partial charge in [0.15, 0.2) is 5.16 Å². The number of hydrogen-bond acceptors (Lipinski definition) is 5. The van der Waals surface area contributed by atoms with Crippen LogP contribution in [0.5, 0.6) is 0 Å². The number of aliphatic hydroxyl groups excluding tert-OH is 1. The van der Waals surface area contributed by atoms with E-state index in [1.165, 1.54) is 18.3 Å². The number of halogens is 1. The van der Waals surface area contributed by atoms with Gasteiger partial charge in [0.2, 0.25) is 11.8 Å². The second-order valence-corrected chi connectivity index (χ2v) is 6.88. The van der Waals surface area contributed by atoms with Gasteiger partial charge in [0.1, 0.15) is 12.4 Å². The van der Waals surface area contributed by atoms with Crippen LogP contribution in [0.1, 0.15) is 18.5 Å². The Morgan fingerprint density at radius 3 is 2.77 bits per heavy atom. The van der Waals surface area contributed by atoms with E-state index >= 15 is 0 Å². The standard InChI is InChI=1S/C17H19FN4O3S/c18-13-3-1-2-4-14(13)21-16(25)10-26-17-19-7-12(9-23)22(17)8-15(24)20-11-5-6-11/h1-4,7,11,23H,5-6,8-10H2,(H,20,24)(H,21,25). The molecule has 1 aromatic heterocycles. The zero-order valence-electron chi connectivity index (χ0n) is 13.9. The van der Waals surface area contributed by atoms with Crippen LogP contribution in [0.3, 0.4) is 0 Å². The highest BCUT2D eigenvalue weighted by Gasteiger charge is 2.24. The van der Waals surface area contributed by atoms with Crippen molar-refractivity contribution in [3.63, 3.8) is 0 Å². The Morgan fingerprint density at radius 2 is 2.08 bits per heavy atom. The number of amides is 2. The summed E-state index contributed by atoms with van der Waals surface area (Å²) in [5.41, 5.74) is 0.606. The molecule has 0 atom stereocenters. The second kappa shape index (κ2) is 8.33. The topological polar surface area (TPSA) is 96.2 Å². The third-order valence-electron chi connectivity index (χ3n) is 3.79. The number of benzene rings is 1. The summed E-state index contributed by atoms with van der Waals surface area (Å²) in [4.78, 5) is 28.2. The van der Waals surface area contributed by atoms with Gasteiger partial charge in [-0.25, -0.2) is 9.37 Å². The van der Waals surface area contributed by atoms with E-state index in [1.54, 1.807) is 16.7 Å². The van der Waals surface area contributed by atoms with E-state index in [9.17, 15) is 19.1 Å². The van der Waals surface area contributed by atoms with E-state index in [2.05, 4.69) is 15.6 Å². The molecular formula is C17H19FN4O3S. The van der Waals surface area contributed by atoms with Crippen molar-refractivity contribution in [1.29, 1.82) is 0 Å². The van der Waals surface area contributed by atoms with E-state index in [0.717, 1.165) is 24.6 Å². The van der Waals surface area contributed by atoms with Gasteiger partial charge in [0.05, 0.1) is 29.9 Å². The summed E-state index contributed by atoms with van der Waals surface area (Å²) in [6, 6.07) is 6.16.